The normalized spacial score (nSPS) is 10.6. The summed E-state index contributed by atoms with van der Waals surface area (Å²) in [6.45, 7) is 4.11. The van der Waals surface area contributed by atoms with Gasteiger partial charge in [0.2, 0.25) is 0 Å². The van der Waals surface area contributed by atoms with Crippen molar-refractivity contribution in [2.45, 2.75) is 6.54 Å². The highest BCUT2D eigenvalue weighted by Gasteiger charge is 2.16. The number of hydrogen-bond acceptors (Lipinski definition) is 2. The van der Waals surface area contributed by atoms with Gasteiger partial charge in [-0.2, -0.15) is 5.10 Å². The van der Waals surface area contributed by atoms with E-state index in [4.69, 9.17) is 34.8 Å². The smallest absolute Gasteiger partial charge is 0.255 e. The average molecular weight is 407 g/mol. The number of carbonyl (C=O) groups excluding carboxylic acids is 1. The quantitative estimate of drug-likeness (QED) is 0.616. The summed E-state index contributed by atoms with van der Waals surface area (Å²) in [7, 11) is 0. The molecule has 0 aliphatic rings. The third-order valence-electron chi connectivity index (χ3n) is 3.75. The highest BCUT2D eigenvalue weighted by atomic mass is 35.5. The van der Waals surface area contributed by atoms with Gasteiger partial charge in [0, 0.05) is 11.6 Å². The van der Waals surface area contributed by atoms with Crippen LogP contribution in [-0.4, -0.2) is 15.7 Å². The van der Waals surface area contributed by atoms with Crippen LogP contribution < -0.4 is 5.32 Å². The SMILES string of the molecule is C=Cc1c(C(=O)NCc2ccc(Cl)c(Cl)c2)cnn1-c1ccc(Cl)cc1. The zero-order valence-electron chi connectivity index (χ0n) is 13.5. The number of hydrogen-bond donors (Lipinski definition) is 1. The van der Waals surface area contributed by atoms with Crippen LogP contribution in [-0.2, 0) is 6.54 Å². The average Bonchev–Trinajstić information content (AvgIpc) is 3.07. The van der Waals surface area contributed by atoms with E-state index >= 15 is 0 Å². The van der Waals surface area contributed by atoms with Crippen LogP contribution in [0.5, 0.6) is 0 Å². The molecular weight excluding hydrogens is 393 g/mol. The number of halogens is 3. The number of amides is 1. The van der Waals surface area contributed by atoms with E-state index < -0.39 is 0 Å². The largest absolute Gasteiger partial charge is 0.348 e. The fourth-order valence-electron chi connectivity index (χ4n) is 2.44. The Morgan fingerprint density at radius 2 is 1.85 bits per heavy atom. The van der Waals surface area contributed by atoms with Gasteiger partial charge in [-0.05, 0) is 48.0 Å². The molecule has 1 heterocycles. The van der Waals surface area contributed by atoms with Crippen molar-refractivity contribution in [3.05, 3.63) is 87.1 Å². The molecule has 0 radical (unpaired) electrons. The number of aromatic nitrogens is 2. The topological polar surface area (TPSA) is 46.9 Å². The zero-order chi connectivity index (χ0) is 18.7. The fourth-order valence-corrected chi connectivity index (χ4v) is 2.89. The minimum atomic E-state index is -0.258. The van der Waals surface area contributed by atoms with Crippen LogP contribution in [0.2, 0.25) is 15.1 Å². The summed E-state index contributed by atoms with van der Waals surface area (Å²) in [6.07, 6.45) is 3.10. The molecule has 0 saturated carbocycles. The Morgan fingerprint density at radius 1 is 1.12 bits per heavy atom. The Balaban J connectivity index is 1.80. The lowest BCUT2D eigenvalue weighted by molar-refractivity contribution is 0.0950. The van der Waals surface area contributed by atoms with E-state index in [1.165, 1.54) is 6.20 Å². The van der Waals surface area contributed by atoms with Gasteiger partial charge < -0.3 is 5.32 Å². The van der Waals surface area contributed by atoms with Gasteiger partial charge in [0.15, 0.2) is 0 Å². The van der Waals surface area contributed by atoms with E-state index in [0.29, 0.717) is 32.9 Å². The third-order valence-corrected chi connectivity index (χ3v) is 4.74. The molecule has 0 unspecified atom stereocenters. The summed E-state index contributed by atoms with van der Waals surface area (Å²) in [5.74, 6) is -0.258. The molecule has 2 aromatic carbocycles. The molecule has 0 saturated heterocycles. The van der Waals surface area contributed by atoms with Crippen molar-refractivity contribution < 1.29 is 4.79 Å². The maximum atomic E-state index is 12.6. The molecule has 3 aromatic rings. The van der Waals surface area contributed by atoms with E-state index in [2.05, 4.69) is 17.0 Å². The van der Waals surface area contributed by atoms with Crippen LogP contribution in [0.15, 0.2) is 55.2 Å². The number of nitrogens with zero attached hydrogens (tertiary/aromatic N) is 2. The summed E-state index contributed by atoms with van der Waals surface area (Å²) in [6, 6.07) is 12.4. The van der Waals surface area contributed by atoms with Gasteiger partial charge in [-0.25, -0.2) is 4.68 Å². The summed E-state index contributed by atoms with van der Waals surface area (Å²) in [4.78, 5) is 12.6. The van der Waals surface area contributed by atoms with Crippen molar-refractivity contribution in [2.24, 2.45) is 0 Å². The lowest BCUT2D eigenvalue weighted by atomic mass is 10.2. The first-order chi connectivity index (χ1) is 12.5. The highest BCUT2D eigenvalue weighted by Crippen LogP contribution is 2.23. The molecule has 7 heteroatoms. The molecule has 1 amide bonds. The monoisotopic (exact) mass is 405 g/mol. The first kappa shape index (κ1) is 18.5. The van der Waals surface area contributed by atoms with Crippen molar-refractivity contribution in [3.63, 3.8) is 0 Å². The maximum Gasteiger partial charge on any atom is 0.255 e. The molecule has 0 fully saturated rings. The Kier molecular flexibility index (Phi) is 5.67. The van der Waals surface area contributed by atoms with E-state index in [1.807, 2.05) is 12.1 Å². The van der Waals surface area contributed by atoms with Gasteiger partial charge in [0.1, 0.15) is 0 Å². The first-order valence-corrected chi connectivity index (χ1v) is 8.81. The first-order valence-electron chi connectivity index (χ1n) is 7.68. The van der Waals surface area contributed by atoms with Gasteiger partial charge in [0.05, 0.1) is 33.2 Å². The number of nitrogens with one attached hydrogen (secondary N) is 1. The zero-order valence-corrected chi connectivity index (χ0v) is 15.8. The molecule has 1 N–H and O–H groups in total. The second-order valence-electron chi connectivity index (χ2n) is 5.47. The van der Waals surface area contributed by atoms with Gasteiger partial charge in [0.25, 0.3) is 5.91 Å². The Labute approximate surface area is 166 Å². The van der Waals surface area contributed by atoms with Crippen molar-refractivity contribution >= 4 is 46.8 Å². The summed E-state index contributed by atoms with van der Waals surface area (Å²) >= 11 is 17.8. The molecule has 0 spiro atoms. The second kappa shape index (κ2) is 7.96. The molecule has 0 aliphatic carbocycles. The third kappa shape index (κ3) is 3.93. The van der Waals surface area contributed by atoms with Crippen LogP contribution in [0.25, 0.3) is 11.8 Å². The lowest BCUT2D eigenvalue weighted by Crippen LogP contribution is -2.23. The van der Waals surface area contributed by atoms with E-state index in [1.54, 1.807) is 41.1 Å². The van der Waals surface area contributed by atoms with Crippen molar-refractivity contribution in [3.8, 4) is 5.69 Å². The molecule has 0 aliphatic heterocycles. The maximum absolute atomic E-state index is 12.6. The summed E-state index contributed by atoms with van der Waals surface area (Å²) < 4.78 is 1.64. The number of rotatable bonds is 5. The van der Waals surface area contributed by atoms with E-state index in [-0.39, 0.29) is 5.91 Å². The molecule has 1 aromatic heterocycles. The number of carbonyl (C=O) groups is 1. The Bertz CT molecular complexity index is 965. The van der Waals surface area contributed by atoms with Crippen LogP contribution in [0.4, 0.5) is 0 Å². The van der Waals surface area contributed by atoms with Crippen LogP contribution in [0, 0.1) is 0 Å². The standard InChI is InChI=1S/C19H14Cl3N3O/c1-2-18-15(11-24-25(18)14-6-4-13(20)5-7-14)19(26)23-10-12-3-8-16(21)17(22)9-12/h2-9,11H,1,10H2,(H,23,26). The summed E-state index contributed by atoms with van der Waals surface area (Å²) in [5.41, 5.74) is 2.65. The fraction of sp³-hybridized carbons (Fsp3) is 0.0526. The van der Waals surface area contributed by atoms with Gasteiger partial charge in [-0.3, -0.25) is 4.79 Å². The van der Waals surface area contributed by atoms with Crippen LogP contribution >= 0.6 is 34.8 Å². The van der Waals surface area contributed by atoms with Gasteiger partial charge in [-0.1, -0.05) is 47.4 Å². The highest BCUT2D eigenvalue weighted by molar-refractivity contribution is 6.42. The molecule has 0 atom stereocenters. The van der Waals surface area contributed by atoms with E-state index in [9.17, 15) is 4.79 Å². The Morgan fingerprint density at radius 3 is 2.50 bits per heavy atom. The van der Waals surface area contributed by atoms with Crippen molar-refractivity contribution in [1.82, 2.24) is 15.1 Å². The predicted molar refractivity (Wildman–Crippen MR) is 106 cm³/mol. The predicted octanol–water partition coefficient (Wildman–Crippen LogP) is 5.41. The van der Waals surface area contributed by atoms with Crippen LogP contribution in [0.3, 0.4) is 0 Å². The molecule has 26 heavy (non-hydrogen) atoms. The molecule has 4 nitrogen and oxygen atoms in total. The minimum absolute atomic E-state index is 0.258. The Hall–Kier alpha value is -2.27. The minimum Gasteiger partial charge on any atom is -0.348 e. The van der Waals surface area contributed by atoms with Crippen molar-refractivity contribution in [2.75, 3.05) is 0 Å². The second-order valence-corrected chi connectivity index (χ2v) is 6.72. The number of benzene rings is 2. The molecule has 3 rings (SSSR count). The van der Waals surface area contributed by atoms with Gasteiger partial charge >= 0.3 is 0 Å². The molecular formula is C19H14Cl3N3O. The van der Waals surface area contributed by atoms with E-state index in [0.717, 1.165) is 11.3 Å². The molecule has 132 valence electrons. The molecule has 0 bridgehead atoms. The summed E-state index contributed by atoms with van der Waals surface area (Å²) in [5, 5.41) is 8.68. The van der Waals surface area contributed by atoms with Crippen molar-refractivity contribution in [1.29, 1.82) is 0 Å². The lowest BCUT2D eigenvalue weighted by Gasteiger charge is -2.08. The van der Waals surface area contributed by atoms with Gasteiger partial charge in [-0.15, -0.1) is 0 Å². The van der Waals surface area contributed by atoms with Crippen LogP contribution in [0.1, 0.15) is 21.6 Å².